The third-order valence-corrected chi connectivity index (χ3v) is 10.0. The van der Waals surface area contributed by atoms with Crippen molar-refractivity contribution in [2.45, 2.75) is 72.1 Å². The fourth-order valence-electron chi connectivity index (χ4n) is 5.97. The SMILES string of the molecule is CC(=O)N(C[C@@H]1CN(C(=O)OCC[Si](C)(C)C)C[C@@H]1F)[C@@H](c1cc(-c2cc(F)ccc2F)cn1Cc1ccccc1)C(C)(C)C. The number of alkyl halides is 1. The Morgan fingerprint density at radius 2 is 1.73 bits per heavy atom. The number of amides is 2. The van der Waals surface area contributed by atoms with Gasteiger partial charge in [0, 0.05) is 63.6 Å². The van der Waals surface area contributed by atoms with Crippen LogP contribution in [0, 0.1) is 23.0 Å². The van der Waals surface area contributed by atoms with Crippen LogP contribution < -0.4 is 0 Å². The molecule has 1 aliphatic rings. The minimum atomic E-state index is -1.40. The van der Waals surface area contributed by atoms with Gasteiger partial charge >= 0.3 is 6.09 Å². The van der Waals surface area contributed by atoms with Crippen molar-refractivity contribution in [2.75, 3.05) is 26.2 Å². The first-order valence-electron chi connectivity index (χ1n) is 15.6. The van der Waals surface area contributed by atoms with Crippen LogP contribution in [-0.4, -0.2) is 66.9 Å². The molecule has 0 bridgehead atoms. The standard InChI is InChI=1S/C35H46F3N3O3Si/c1-24(42)41(22-27-21-40(23-31(27)38)34(43)44-15-16-45(5,6)7)33(35(2,3)4)32-17-26(29-18-28(36)13-14-30(29)37)20-39(32)19-25-11-9-8-10-12-25/h8-14,17-18,20,27,31,33H,15-16,19,21-23H2,1-7H3/t27-,31-,33-/m0/s1. The third-order valence-electron chi connectivity index (χ3n) is 8.31. The number of carbonyl (C=O) groups excluding carboxylic acids is 2. The highest BCUT2D eigenvalue weighted by Crippen LogP contribution is 2.42. The van der Waals surface area contributed by atoms with E-state index in [1.165, 1.54) is 17.9 Å². The Hall–Kier alpha value is -3.53. The average molecular weight is 642 g/mol. The number of nitrogens with zero attached hydrogens (tertiary/aromatic N) is 3. The summed E-state index contributed by atoms with van der Waals surface area (Å²) in [7, 11) is -1.40. The molecule has 2 heterocycles. The lowest BCUT2D eigenvalue weighted by atomic mass is 9.82. The number of rotatable bonds is 10. The Morgan fingerprint density at radius 3 is 2.36 bits per heavy atom. The fourth-order valence-corrected chi connectivity index (χ4v) is 6.68. The van der Waals surface area contributed by atoms with Crippen molar-refractivity contribution in [2.24, 2.45) is 11.3 Å². The van der Waals surface area contributed by atoms with Crippen molar-refractivity contribution in [3.63, 3.8) is 0 Å². The molecule has 1 saturated heterocycles. The summed E-state index contributed by atoms with van der Waals surface area (Å²) in [6.07, 6.45) is -0.0770. The minimum Gasteiger partial charge on any atom is -0.450 e. The summed E-state index contributed by atoms with van der Waals surface area (Å²) in [6, 6.07) is 15.2. The first kappa shape index (κ1) is 34.3. The number of carbonyl (C=O) groups is 2. The van der Waals surface area contributed by atoms with Gasteiger partial charge in [-0.15, -0.1) is 0 Å². The van der Waals surface area contributed by atoms with E-state index in [1.807, 2.05) is 55.7 Å². The Morgan fingerprint density at radius 1 is 1.04 bits per heavy atom. The van der Waals surface area contributed by atoms with Crippen LogP contribution in [0.25, 0.3) is 11.1 Å². The summed E-state index contributed by atoms with van der Waals surface area (Å²) in [4.78, 5) is 29.2. The molecule has 0 radical (unpaired) electrons. The lowest BCUT2D eigenvalue weighted by Crippen LogP contribution is -2.45. The van der Waals surface area contributed by atoms with E-state index in [4.69, 9.17) is 4.74 Å². The summed E-state index contributed by atoms with van der Waals surface area (Å²) >= 11 is 0. The molecule has 0 N–H and O–H groups in total. The van der Waals surface area contributed by atoms with E-state index in [0.717, 1.165) is 29.4 Å². The van der Waals surface area contributed by atoms with Crippen molar-refractivity contribution in [1.29, 1.82) is 0 Å². The van der Waals surface area contributed by atoms with Gasteiger partial charge in [-0.2, -0.15) is 0 Å². The Balaban J connectivity index is 1.68. The van der Waals surface area contributed by atoms with Gasteiger partial charge in [0.25, 0.3) is 0 Å². The lowest BCUT2D eigenvalue weighted by Gasteiger charge is -2.41. The molecule has 2 amide bonds. The van der Waals surface area contributed by atoms with E-state index < -0.39 is 49.3 Å². The van der Waals surface area contributed by atoms with Gasteiger partial charge in [-0.1, -0.05) is 70.7 Å². The minimum absolute atomic E-state index is 0.0807. The van der Waals surface area contributed by atoms with E-state index in [-0.39, 0.29) is 31.1 Å². The summed E-state index contributed by atoms with van der Waals surface area (Å²) in [5.74, 6) is -1.97. The molecular weight excluding hydrogens is 595 g/mol. The van der Waals surface area contributed by atoms with Gasteiger partial charge in [0.2, 0.25) is 5.91 Å². The molecule has 3 aromatic rings. The molecule has 4 rings (SSSR count). The molecule has 1 fully saturated rings. The zero-order valence-electron chi connectivity index (χ0n) is 27.4. The molecule has 45 heavy (non-hydrogen) atoms. The van der Waals surface area contributed by atoms with Gasteiger partial charge in [0.1, 0.15) is 17.8 Å². The molecule has 10 heteroatoms. The number of halogens is 3. The number of benzene rings is 2. The first-order valence-corrected chi connectivity index (χ1v) is 19.3. The summed E-state index contributed by atoms with van der Waals surface area (Å²) in [5.41, 5.74) is 1.78. The van der Waals surface area contributed by atoms with Crippen LogP contribution in [0.1, 0.15) is 45.0 Å². The van der Waals surface area contributed by atoms with Crippen LogP contribution in [0.4, 0.5) is 18.0 Å². The molecule has 2 aromatic carbocycles. The number of ether oxygens (including phenoxy) is 1. The molecule has 0 aliphatic carbocycles. The molecule has 1 aromatic heterocycles. The predicted molar refractivity (Wildman–Crippen MR) is 174 cm³/mol. The van der Waals surface area contributed by atoms with Gasteiger partial charge in [0.15, 0.2) is 0 Å². The Kier molecular flexibility index (Phi) is 10.6. The highest BCUT2D eigenvalue weighted by molar-refractivity contribution is 6.76. The van der Waals surface area contributed by atoms with Gasteiger partial charge in [-0.3, -0.25) is 4.79 Å². The predicted octanol–water partition coefficient (Wildman–Crippen LogP) is 8.16. The highest BCUT2D eigenvalue weighted by atomic mass is 28.3. The molecule has 1 aliphatic heterocycles. The maximum atomic E-state index is 15.5. The average Bonchev–Trinajstić information content (AvgIpc) is 3.51. The second-order valence-corrected chi connectivity index (χ2v) is 20.1. The quantitative estimate of drug-likeness (QED) is 0.210. The van der Waals surface area contributed by atoms with E-state index >= 15 is 4.39 Å². The van der Waals surface area contributed by atoms with E-state index in [0.29, 0.717) is 18.7 Å². The number of hydrogen-bond acceptors (Lipinski definition) is 3. The molecule has 6 nitrogen and oxygen atoms in total. The largest absolute Gasteiger partial charge is 0.450 e. The molecule has 0 saturated carbocycles. The van der Waals surface area contributed by atoms with Crippen LogP contribution >= 0.6 is 0 Å². The molecule has 0 spiro atoms. The van der Waals surface area contributed by atoms with Crippen LogP contribution in [-0.2, 0) is 16.1 Å². The van der Waals surface area contributed by atoms with Gasteiger partial charge in [-0.05, 0) is 41.3 Å². The van der Waals surface area contributed by atoms with Crippen LogP contribution in [0.15, 0.2) is 60.8 Å². The van der Waals surface area contributed by atoms with Crippen LogP contribution in [0.3, 0.4) is 0 Å². The van der Waals surface area contributed by atoms with E-state index in [1.54, 1.807) is 17.2 Å². The van der Waals surface area contributed by atoms with Crippen LogP contribution in [0.5, 0.6) is 0 Å². The zero-order valence-corrected chi connectivity index (χ0v) is 28.4. The Bertz CT molecular complexity index is 1480. The summed E-state index contributed by atoms with van der Waals surface area (Å²) in [5, 5.41) is 0. The lowest BCUT2D eigenvalue weighted by molar-refractivity contribution is -0.135. The highest BCUT2D eigenvalue weighted by Gasteiger charge is 2.42. The number of hydrogen-bond donors (Lipinski definition) is 0. The first-order chi connectivity index (χ1) is 21.0. The van der Waals surface area contributed by atoms with Crippen molar-refractivity contribution < 1.29 is 27.5 Å². The smallest absolute Gasteiger partial charge is 0.409 e. The van der Waals surface area contributed by atoms with Gasteiger partial charge in [-0.25, -0.2) is 18.0 Å². The second kappa shape index (κ2) is 13.8. The van der Waals surface area contributed by atoms with Crippen molar-refractivity contribution in [3.05, 3.63) is 83.7 Å². The van der Waals surface area contributed by atoms with Crippen LogP contribution in [0.2, 0.25) is 25.7 Å². The maximum Gasteiger partial charge on any atom is 0.409 e. The zero-order chi connectivity index (χ0) is 33.1. The maximum absolute atomic E-state index is 15.5. The fraction of sp³-hybridized carbons (Fsp3) is 0.486. The third kappa shape index (κ3) is 8.80. The molecular formula is C35H46F3N3O3Si. The van der Waals surface area contributed by atoms with Gasteiger partial charge < -0.3 is 19.1 Å². The van der Waals surface area contributed by atoms with E-state index in [2.05, 4.69) is 19.6 Å². The topological polar surface area (TPSA) is 54.8 Å². The summed E-state index contributed by atoms with van der Waals surface area (Å²) < 4.78 is 52.2. The van der Waals surface area contributed by atoms with Crippen molar-refractivity contribution in [1.82, 2.24) is 14.4 Å². The molecule has 3 atom stereocenters. The monoisotopic (exact) mass is 641 g/mol. The Labute approximate surface area is 266 Å². The number of likely N-dealkylation sites (tertiary alicyclic amines) is 1. The van der Waals surface area contributed by atoms with Gasteiger partial charge in [0.05, 0.1) is 19.2 Å². The normalized spacial score (nSPS) is 17.8. The molecule has 244 valence electrons. The molecule has 0 unspecified atom stereocenters. The van der Waals surface area contributed by atoms with Crippen molar-refractivity contribution in [3.8, 4) is 11.1 Å². The summed E-state index contributed by atoms with van der Waals surface area (Å²) in [6.45, 7) is 14.9. The van der Waals surface area contributed by atoms with Crippen molar-refractivity contribution >= 4 is 20.1 Å². The van der Waals surface area contributed by atoms with E-state index in [9.17, 15) is 18.4 Å². The second-order valence-electron chi connectivity index (χ2n) is 14.4. The number of aromatic nitrogens is 1.